The van der Waals surface area contributed by atoms with Crippen LogP contribution in [0.2, 0.25) is 0 Å². The van der Waals surface area contributed by atoms with Gasteiger partial charge in [0.25, 0.3) is 0 Å². The molecular weight excluding hydrogens is 256 g/mol. The smallest absolute Gasteiger partial charge is 0.387 e. The van der Waals surface area contributed by atoms with Crippen LogP contribution in [0.1, 0.15) is 12.8 Å². The maximum absolute atomic E-state index is 12.2. The summed E-state index contributed by atoms with van der Waals surface area (Å²) in [6.45, 7) is -1.82. The summed E-state index contributed by atoms with van der Waals surface area (Å²) in [7, 11) is 0. The molecule has 0 unspecified atom stereocenters. The van der Waals surface area contributed by atoms with Gasteiger partial charge in [-0.15, -0.1) is 0 Å². The van der Waals surface area contributed by atoms with E-state index in [9.17, 15) is 13.6 Å². The summed E-state index contributed by atoms with van der Waals surface area (Å²) in [5, 5.41) is 2.63. The Labute approximate surface area is 109 Å². The number of para-hydroxylation sites is 2. The van der Waals surface area contributed by atoms with Gasteiger partial charge in [-0.3, -0.25) is 4.79 Å². The molecule has 1 N–H and O–H groups in total. The molecule has 19 heavy (non-hydrogen) atoms. The van der Waals surface area contributed by atoms with Crippen LogP contribution in [-0.2, 0) is 9.53 Å². The second kappa shape index (κ2) is 6.47. The molecule has 0 aliphatic carbocycles. The fourth-order valence-corrected chi connectivity index (χ4v) is 1.96. The highest BCUT2D eigenvalue weighted by molar-refractivity contribution is 5.94. The van der Waals surface area contributed by atoms with Crippen molar-refractivity contribution < 1.29 is 23.0 Å². The van der Waals surface area contributed by atoms with Crippen LogP contribution in [0.3, 0.4) is 0 Å². The Morgan fingerprint density at radius 1 is 1.32 bits per heavy atom. The Morgan fingerprint density at radius 2 is 2.00 bits per heavy atom. The Kier molecular flexibility index (Phi) is 4.68. The molecule has 0 bridgehead atoms. The normalized spacial score (nSPS) is 16.4. The minimum absolute atomic E-state index is 0.0297. The monoisotopic (exact) mass is 271 g/mol. The topological polar surface area (TPSA) is 47.6 Å². The van der Waals surface area contributed by atoms with Crippen LogP contribution in [0.25, 0.3) is 0 Å². The third kappa shape index (κ3) is 3.89. The molecule has 0 aromatic heterocycles. The summed E-state index contributed by atoms with van der Waals surface area (Å²) in [5.74, 6) is -0.361. The van der Waals surface area contributed by atoms with Gasteiger partial charge >= 0.3 is 6.61 Å². The van der Waals surface area contributed by atoms with E-state index in [0.29, 0.717) is 26.1 Å². The molecule has 1 aromatic rings. The number of carbonyl (C=O) groups excluding carboxylic acids is 1. The molecule has 1 aliphatic heterocycles. The second-order valence-electron chi connectivity index (χ2n) is 4.25. The van der Waals surface area contributed by atoms with Gasteiger partial charge < -0.3 is 14.8 Å². The molecule has 1 aromatic carbocycles. The molecule has 0 radical (unpaired) electrons. The molecule has 1 fully saturated rings. The van der Waals surface area contributed by atoms with Crippen molar-refractivity contribution in [2.45, 2.75) is 19.5 Å². The van der Waals surface area contributed by atoms with E-state index in [1.165, 1.54) is 12.1 Å². The minimum atomic E-state index is -2.92. The Balaban J connectivity index is 2.03. The van der Waals surface area contributed by atoms with Gasteiger partial charge in [-0.2, -0.15) is 8.78 Å². The molecule has 1 amide bonds. The lowest BCUT2D eigenvalue weighted by atomic mass is 9.99. The van der Waals surface area contributed by atoms with E-state index >= 15 is 0 Å². The average molecular weight is 271 g/mol. The summed E-state index contributed by atoms with van der Waals surface area (Å²) in [5.41, 5.74) is 0.263. The van der Waals surface area contributed by atoms with Gasteiger partial charge in [-0.25, -0.2) is 0 Å². The molecule has 0 spiro atoms. The second-order valence-corrected chi connectivity index (χ2v) is 4.25. The lowest BCUT2D eigenvalue weighted by Gasteiger charge is -2.21. The summed E-state index contributed by atoms with van der Waals surface area (Å²) in [6.07, 6.45) is 1.29. The number of alkyl halides is 2. The number of hydrogen-bond donors (Lipinski definition) is 1. The Hall–Kier alpha value is -1.69. The van der Waals surface area contributed by atoms with E-state index in [-0.39, 0.29) is 23.3 Å². The van der Waals surface area contributed by atoms with E-state index < -0.39 is 6.61 Å². The van der Waals surface area contributed by atoms with Crippen LogP contribution in [0.5, 0.6) is 5.75 Å². The van der Waals surface area contributed by atoms with E-state index in [1.54, 1.807) is 12.1 Å². The fourth-order valence-electron chi connectivity index (χ4n) is 1.96. The molecule has 1 saturated heterocycles. The van der Waals surface area contributed by atoms with E-state index in [2.05, 4.69) is 10.1 Å². The zero-order valence-electron chi connectivity index (χ0n) is 10.3. The molecule has 2 rings (SSSR count). The van der Waals surface area contributed by atoms with Crippen LogP contribution in [0.4, 0.5) is 14.5 Å². The van der Waals surface area contributed by atoms with Gasteiger partial charge in [0.2, 0.25) is 5.91 Å². The summed E-state index contributed by atoms with van der Waals surface area (Å²) in [6, 6.07) is 6.15. The molecule has 4 nitrogen and oxygen atoms in total. The zero-order valence-corrected chi connectivity index (χ0v) is 10.3. The molecule has 0 atom stereocenters. The zero-order chi connectivity index (χ0) is 13.7. The minimum Gasteiger partial charge on any atom is -0.433 e. The lowest BCUT2D eigenvalue weighted by Crippen LogP contribution is -2.28. The van der Waals surface area contributed by atoms with Crippen molar-refractivity contribution in [1.29, 1.82) is 0 Å². The molecule has 104 valence electrons. The van der Waals surface area contributed by atoms with Gasteiger partial charge in [0.1, 0.15) is 5.75 Å². The number of anilines is 1. The number of hydrogen-bond acceptors (Lipinski definition) is 3. The Morgan fingerprint density at radius 3 is 2.68 bits per heavy atom. The third-order valence-corrected chi connectivity index (χ3v) is 2.95. The summed E-state index contributed by atoms with van der Waals surface area (Å²) >= 11 is 0. The van der Waals surface area contributed by atoms with Gasteiger partial charge in [-0.1, -0.05) is 12.1 Å². The maximum Gasteiger partial charge on any atom is 0.387 e. The number of ether oxygens (including phenoxy) is 2. The summed E-state index contributed by atoms with van der Waals surface area (Å²) in [4.78, 5) is 12.0. The highest BCUT2D eigenvalue weighted by atomic mass is 19.3. The Bertz CT molecular complexity index is 434. The molecule has 0 saturated carbocycles. The third-order valence-electron chi connectivity index (χ3n) is 2.95. The van der Waals surface area contributed by atoms with Crippen LogP contribution >= 0.6 is 0 Å². The van der Waals surface area contributed by atoms with Crippen LogP contribution in [0.15, 0.2) is 24.3 Å². The first-order valence-electron chi connectivity index (χ1n) is 6.09. The largest absolute Gasteiger partial charge is 0.433 e. The number of carbonyl (C=O) groups is 1. The standard InChI is InChI=1S/C13H15F2NO3/c14-13(15)19-11-4-2-1-3-10(11)16-12(17)9-5-7-18-8-6-9/h1-4,9,13H,5-8H2,(H,16,17). The van der Waals surface area contributed by atoms with Crippen LogP contribution in [0, 0.1) is 5.92 Å². The van der Waals surface area contributed by atoms with Crippen molar-refractivity contribution in [1.82, 2.24) is 0 Å². The highest BCUT2D eigenvalue weighted by Gasteiger charge is 2.22. The van der Waals surface area contributed by atoms with Gasteiger partial charge in [0, 0.05) is 19.1 Å². The van der Waals surface area contributed by atoms with E-state index in [1.807, 2.05) is 0 Å². The number of benzene rings is 1. The van der Waals surface area contributed by atoms with Crippen molar-refractivity contribution in [3.63, 3.8) is 0 Å². The van der Waals surface area contributed by atoms with Crippen molar-refractivity contribution in [2.24, 2.45) is 5.92 Å². The number of rotatable bonds is 4. The van der Waals surface area contributed by atoms with Crippen molar-refractivity contribution in [3.8, 4) is 5.75 Å². The van der Waals surface area contributed by atoms with E-state index in [0.717, 1.165) is 0 Å². The van der Waals surface area contributed by atoms with Gasteiger partial charge in [0.05, 0.1) is 5.69 Å². The molecular formula is C13H15F2NO3. The molecule has 6 heteroatoms. The lowest BCUT2D eigenvalue weighted by molar-refractivity contribution is -0.122. The van der Waals surface area contributed by atoms with Crippen LogP contribution < -0.4 is 10.1 Å². The van der Waals surface area contributed by atoms with Crippen molar-refractivity contribution in [3.05, 3.63) is 24.3 Å². The number of nitrogens with one attached hydrogen (secondary N) is 1. The predicted octanol–water partition coefficient (Wildman–Crippen LogP) is 2.65. The van der Waals surface area contributed by atoms with Gasteiger partial charge in [0.15, 0.2) is 0 Å². The average Bonchev–Trinajstić information content (AvgIpc) is 2.41. The van der Waals surface area contributed by atoms with Crippen molar-refractivity contribution in [2.75, 3.05) is 18.5 Å². The van der Waals surface area contributed by atoms with Crippen molar-refractivity contribution >= 4 is 11.6 Å². The first-order chi connectivity index (χ1) is 9.16. The van der Waals surface area contributed by atoms with E-state index in [4.69, 9.17) is 4.74 Å². The maximum atomic E-state index is 12.2. The number of halogens is 2. The first kappa shape index (κ1) is 13.7. The van der Waals surface area contributed by atoms with Gasteiger partial charge in [-0.05, 0) is 25.0 Å². The fraction of sp³-hybridized carbons (Fsp3) is 0.462. The quantitative estimate of drug-likeness (QED) is 0.915. The highest BCUT2D eigenvalue weighted by Crippen LogP contribution is 2.27. The number of amides is 1. The summed E-state index contributed by atoms with van der Waals surface area (Å²) < 4.78 is 34.0. The molecule has 1 aliphatic rings. The molecule has 1 heterocycles. The SMILES string of the molecule is O=C(Nc1ccccc1OC(F)F)C1CCOCC1. The first-order valence-corrected chi connectivity index (χ1v) is 6.09. The predicted molar refractivity (Wildman–Crippen MR) is 65.2 cm³/mol. The van der Waals surface area contributed by atoms with Crippen LogP contribution in [-0.4, -0.2) is 25.7 Å².